The first-order valence-corrected chi connectivity index (χ1v) is 11.4. The van der Waals surface area contributed by atoms with Crippen molar-refractivity contribution in [1.82, 2.24) is 9.80 Å². The number of imide groups is 1. The van der Waals surface area contributed by atoms with E-state index >= 15 is 0 Å². The van der Waals surface area contributed by atoms with Gasteiger partial charge in [0.25, 0.3) is 11.8 Å². The highest BCUT2D eigenvalue weighted by molar-refractivity contribution is 6.36. The molecule has 4 rings (SSSR count). The average molecular weight is 449 g/mol. The van der Waals surface area contributed by atoms with E-state index in [1.54, 1.807) is 0 Å². The van der Waals surface area contributed by atoms with Gasteiger partial charge in [-0.15, -0.1) is 0 Å². The van der Waals surface area contributed by atoms with Crippen LogP contribution in [0.5, 0.6) is 0 Å². The number of nitrogens with one attached hydrogen (secondary N) is 1. The summed E-state index contributed by atoms with van der Waals surface area (Å²) in [4.78, 5) is 32.6. The first-order chi connectivity index (χ1) is 15.8. The van der Waals surface area contributed by atoms with Crippen LogP contribution < -0.4 is 10.2 Å². The van der Waals surface area contributed by atoms with Gasteiger partial charge in [-0.3, -0.25) is 19.4 Å². The van der Waals surface area contributed by atoms with E-state index in [2.05, 4.69) is 10.2 Å². The molecule has 0 radical (unpaired) electrons. The molecular weight excluding hydrogens is 416 g/mol. The fraction of sp³-hybridized carbons (Fsp3) is 0.385. The van der Waals surface area contributed by atoms with Crippen LogP contribution in [0, 0.1) is 13.8 Å². The Morgan fingerprint density at radius 3 is 2.27 bits per heavy atom. The van der Waals surface area contributed by atoms with E-state index in [1.807, 2.05) is 75.3 Å². The highest BCUT2D eigenvalue weighted by Gasteiger charge is 2.39. The van der Waals surface area contributed by atoms with E-state index in [0.717, 1.165) is 41.2 Å². The Hall–Kier alpha value is -3.16. The van der Waals surface area contributed by atoms with Crippen LogP contribution in [0.15, 0.2) is 48.2 Å². The molecule has 1 saturated heterocycles. The standard InChI is InChI=1S/C26H32N4O3/c1-18-5-10-22(19(2)17-18)23-24(27-20-6-8-21(9-7-20)28(3)4)26(32)30(25(23)31)12-11-29-13-15-33-16-14-29/h5-10,17,27H,11-16H2,1-4H3. The first kappa shape index (κ1) is 23.0. The van der Waals surface area contributed by atoms with Crippen molar-refractivity contribution >= 4 is 28.8 Å². The summed E-state index contributed by atoms with van der Waals surface area (Å²) in [7, 11) is 3.96. The van der Waals surface area contributed by atoms with Crippen LogP contribution in [0.3, 0.4) is 0 Å². The molecule has 2 aromatic rings. The zero-order valence-electron chi connectivity index (χ0n) is 19.9. The smallest absolute Gasteiger partial charge is 0.278 e. The largest absolute Gasteiger partial charge is 0.379 e. The van der Waals surface area contributed by atoms with Crippen LogP contribution in [0.2, 0.25) is 0 Å². The molecule has 0 bridgehead atoms. The van der Waals surface area contributed by atoms with Crippen LogP contribution >= 0.6 is 0 Å². The molecule has 174 valence electrons. The number of hydrogen-bond donors (Lipinski definition) is 1. The second kappa shape index (κ2) is 9.77. The molecule has 1 fully saturated rings. The molecule has 2 aliphatic heterocycles. The third-order valence-electron chi connectivity index (χ3n) is 6.22. The average Bonchev–Trinajstić information content (AvgIpc) is 3.02. The molecule has 2 aromatic carbocycles. The molecule has 0 saturated carbocycles. The molecule has 0 aromatic heterocycles. The summed E-state index contributed by atoms with van der Waals surface area (Å²) in [5.74, 6) is -0.521. The van der Waals surface area contributed by atoms with Crippen molar-refractivity contribution in [2.75, 3.05) is 63.7 Å². The molecule has 0 aliphatic carbocycles. The fourth-order valence-electron chi connectivity index (χ4n) is 4.29. The third kappa shape index (κ3) is 4.94. The topological polar surface area (TPSA) is 65.1 Å². The normalized spacial score (nSPS) is 17.2. The Balaban J connectivity index is 1.64. The first-order valence-electron chi connectivity index (χ1n) is 11.4. The molecule has 1 N–H and O–H groups in total. The quantitative estimate of drug-likeness (QED) is 0.657. The molecule has 2 aliphatic rings. The van der Waals surface area contributed by atoms with Crippen molar-refractivity contribution in [1.29, 1.82) is 0 Å². The Labute approximate surface area is 195 Å². The lowest BCUT2D eigenvalue weighted by atomic mass is 9.97. The van der Waals surface area contributed by atoms with E-state index in [-0.39, 0.29) is 11.8 Å². The predicted molar refractivity (Wildman–Crippen MR) is 131 cm³/mol. The minimum absolute atomic E-state index is 0.243. The summed E-state index contributed by atoms with van der Waals surface area (Å²) in [6, 6.07) is 13.8. The number of aryl methyl sites for hydroxylation is 2. The number of nitrogens with zero attached hydrogens (tertiary/aromatic N) is 3. The highest BCUT2D eigenvalue weighted by Crippen LogP contribution is 2.32. The maximum absolute atomic E-state index is 13.5. The van der Waals surface area contributed by atoms with Crippen molar-refractivity contribution in [3.05, 3.63) is 64.9 Å². The number of carbonyl (C=O) groups excluding carboxylic acids is 2. The second-order valence-electron chi connectivity index (χ2n) is 8.85. The van der Waals surface area contributed by atoms with Gasteiger partial charge in [-0.05, 0) is 49.2 Å². The second-order valence-corrected chi connectivity index (χ2v) is 8.85. The molecule has 2 amide bonds. The maximum Gasteiger partial charge on any atom is 0.278 e. The summed E-state index contributed by atoms with van der Waals surface area (Å²) in [5, 5.41) is 3.26. The van der Waals surface area contributed by atoms with Gasteiger partial charge in [-0.1, -0.05) is 23.8 Å². The number of morpholine rings is 1. The molecule has 33 heavy (non-hydrogen) atoms. The van der Waals surface area contributed by atoms with Crippen LogP contribution in [-0.2, 0) is 14.3 Å². The number of rotatable bonds is 7. The van der Waals surface area contributed by atoms with Gasteiger partial charge in [0.15, 0.2) is 0 Å². The van der Waals surface area contributed by atoms with E-state index in [4.69, 9.17) is 4.74 Å². The van der Waals surface area contributed by atoms with Gasteiger partial charge < -0.3 is 15.0 Å². The number of amides is 2. The van der Waals surface area contributed by atoms with E-state index in [0.29, 0.717) is 37.6 Å². The van der Waals surface area contributed by atoms with Gasteiger partial charge in [0.1, 0.15) is 5.70 Å². The van der Waals surface area contributed by atoms with Crippen molar-refractivity contribution in [2.45, 2.75) is 13.8 Å². The highest BCUT2D eigenvalue weighted by atomic mass is 16.5. The summed E-state index contributed by atoms with van der Waals surface area (Å²) >= 11 is 0. The number of ether oxygens (including phenoxy) is 1. The lowest BCUT2D eigenvalue weighted by Gasteiger charge is -2.28. The van der Waals surface area contributed by atoms with E-state index < -0.39 is 0 Å². The number of carbonyl (C=O) groups is 2. The third-order valence-corrected chi connectivity index (χ3v) is 6.22. The van der Waals surface area contributed by atoms with Crippen molar-refractivity contribution in [3.63, 3.8) is 0 Å². The van der Waals surface area contributed by atoms with Crippen molar-refractivity contribution in [3.8, 4) is 0 Å². The number of hydrogen-bond acceptors (Lipinski definition) is 6. The lowest BCUT2D eigenvalue weighted by molar-refractivity contribution is -0.137. The Morgan fingerprint density at radius 1 is 0.939 bits per heavy atom. The van der Waals surface area contributed by atoms with Crippen LogP contribution in [0.1, 0.15) is 16.7 Å². The summed E-state index contributed by atoms with van der Waals surface area (Å²) in [6.07, 6.45) is 0. The molecule has 7 nitrogen and oxygen atoms in total. The lowest BCUT2D eigenvalue weighted by Crippen LogP contribution is -2.43. The van der Waals surface area contributed by atoms with Gasteiger partial charge in [0.2, 0.25) is 0 Å². The Bertz CT molecular complexity index is 1070. The zero-order chi connectivity index (χ0) is 23.5. The van der Waals surface area contributed by atoms with Gasteiger partial charge in [0, 0.05) is 51.6 Å². The number of benzene rings is 2. The monoisotopic (exact) mass is 448 g/mol. The summed E-state index contributed by atoms with van der Waals surface area (Å²) in [5.41, 5.74) is 5.50. The zero-order valence-corrected chi connectivity index (χ0v) is 19.9. The van der Waals surface area contributed by atoms with Crippen LogP contribution in [0.25, 0.3) is 5.57 Å². The van der Waals surface area contributed by atoms with Gasteiger partial charge in [-0.25, -0.2) is 0 Å². The van der Waals surface area contributed by atoms with Gasteiger partial charge in [0.05, 0.1) is 18.8 Å². The van der Waals surface area contributed by atoms with Gasteiger partial charge in [-0.2, -0.15) is 0 Å². The minimum Gasteiger partial charge on any atom is -0.379 e. The Morgan fingerprint density at radius 2 is 1.64 bits per heavy atom. The van der Waals surface area contributed by atoms with Crippen LogP contribution in [0.4, 0.5) is 11.4 Å². The minimum atomic E-state index is -0.278. The Kier molecular flexibility index (Phi) is 6.81. The van der Waals surface area contributed by atoms with Crippen LogP contribution in [-0.4, -0.2) is 75.1 Å². The summed E-state index contributed by atoms with van der Waals surface area (Å²) in [6.45, 7) is 8.00. The summed E-state index contributed by atoms with van der Waals surface area (Å²) < 4.78 is 5.41. The van der Waals surface area contributed by atoms with Gasteiger partial charge >= 0.3 is 0 Å². The molecule has 0 spiro atoms. The number of anilines is 2. The SMILES string of the molecule is Cc1ccc(C2=C(Nc3ccc(N(C)C)cc3)C(=O)N(CCN3CCOCC3)C2=O)c(C)c1. The van der Waals surface area contributed by atoms with Crippen molar-refractivity contribution < 1.29 is 14.3 Å². The molecule has 0 unspecified atom stereocenters. The molecule has 0 atom stereocenters. The van der Waals surface area contributed by atoms with E-state index in [9.17, 15) is 9.59 Å². The molecular formula is C26H32N4O3. The maximum atomic E-state index is 13.5. The van der Waals surface area contributed by atoms with Crippen molar-refractivity contribution in [2.24, 2.45) is 0 Å². The van der Waals surface area contributed by atoms with E-state index in [1.165, 1.54) is 4.90 Å². The fourth-order valence-corrected chi connectivity index (χ4v) is 4.29. The predicted octanol–water partition coefficient (Wildman–Crippen LogP) is 2.89. The molecule has 7 heteroatoms. The molecule has 2 heterocycles.